The van der Waals surface area contributed by atoms with Crippen LogP contribution in [0.5, 0.6) is 0 Å². The van der Waals surface area contributed by atoms with Gasteiger partial charge < -0.3 is 10.0 Å². The Balaban J connectivity index is 1.66. The molecule has 0 aliphatic rings. The number of anilines is 3. The molecular weight excluding hydrogens is 472 g/mol. The molecule has 0 spiro atoms. The summed E-state index contributed by atoms with van der Waals surface area (Å²) in [6.07, 6.45) is 4.67. The Kier molecular flexibility index (Phi) is 7.75. The Morgan fingerprint density at radius 2 is 1.18 bits per heavy atom. The summed E-state index contributed by atoms with van der Waals surface area (Å²) >= 11 is 0. The highest BCUT2D eigenvalue weighted by molar-refractivity contribution is 5.97. The van der Waals surface area contributed by atoms with Crippen molar-refractivity contribution >= 4 is 41.3 Å². The predicted molar refractivity (Wildman–Crippen MR) is 147 cm³/mol. The lowest BCUT2D eigenvalue weighted by Gasteiger charge is -2.25. The monoisotopic (exact) mass is 492 g/mol. The van der Waals surface area contributed by atoms with Crippen LogP contribution < -0.4 is 4.90 Å². The first kappa shape index (κ1) is 25.2. The summed E-state index contributed by atoms with van der Waals surface area (Å²) in [6, 6.07) is 36.7. The van der Waals surface area contributed by atoms with Crippen molar-refractivity contribution in [2.45, 2.75) is 0 Å². The van der Waals surface area contributed by atoms with Gasteiger partial charge in [-0.25, -0.2) is 4.79 Å². The van der Waals surface area contributed by atoms with Crippen LogP contribution in [0.25, 0.3) is 18.2 Å². The molecule has 6 nitrogen and oxygen atoms in total. The van der Waals surface area contributed by atoms with Crippen LogP contribution in [0.1, 0.15) is 27.8 Å². The molecule has 0 saturated heterocycles. The van der Waals surface area contributed by atoms with Gasteiger partial charge in [-0.3, -0.25) is 0 Å². The van der Waals surface area contributed by atoms with E-state index in [4.69, 9.17) is 10.4 Å². The van der Waals surface area contributed by atoms with Gasteiger partial charge in [0, 0.05) is 17.1 Å². The molecule has 1 N–H and O–H groups in total. The summed E-state index contributed by atoms with van der Waals surface area (Å²) in [5.41, 5.74) is 4.53. The number of carboxylic acids is 1. The Morgan fingerprint density at radius 1 is 0.684 bits per heavy atom. The second-order valence-corrected chi connectivity index (χ2v) is 8.16. The number of para-hydroxylation sites is 2. The number of benzene rings is 4. The third-order valence-electron chi connectivity index (χ3n) is 5.75. The molecule has 0 aliphatic carbocycles. The fourth-order valence-corrected chi connectivity index (χ4v) is 3.90. The normalized spacial score (nSPS) is 10.8. The van der Waals surface area contributed by atoms with E-state index in [-0.39, 0.29) is 16.7 Å². The maximum Gasteiger partial charge on any atom is 0.346 e. The number of carboxylic acid groups (broad SMARTS) is 1. The minimum atomic E-state index is -1.40. The van der Waals surface area contributed by atoms with Crippen LogP contribution in [0, 0.1) is 34.0 Å². The average Bonchev–Trinajstić information content (AvgIpc) is 2.96. The first-order chi connectivity index (χ1) is 18.5. The molecule has 4 rings (SSSR count). The maximum atomic E-state index is 11.2. The Morgan fingerprint density at radius 3 is 1.68 bits per heavy atom. The molecule has 180 valence electrons. The summed E-state index contributed by atoms with van der Waals surface area (Å²) in [6.45, 7) is 0. The van der Waals surface area contributed by atoms with Crippen molar-refractivity contribution in [2.24, 2.45) is 0 Å². The summed E-state index contributed by atoms with van der Waals surface area (Å²) in [7, 11) is 0. The zero-order valence-electron chi connectivity index (χ0n) is 20.1. The van der Waals surface area contributed by atoms with Gasteiger partial charge in [-0.05, 0) is 71.3 Å². The molecule has 0 fully saturated rings. The molecular formula is C32H20N4O2. The Hall–Kier alpha value is -5.90. The summed E-state index contributed by atoms with van der Waals surface area (Å²) in [5, 5.41) is 37.4. The fourth-order valence-electron chi connectivity index (χ4n) is 3.90. The number of nitriles is 3. The van der Waals surface area contributed by atoms with E-state index in [1.807, 2.05) is 97.1 Å². The van der Waals surface area contributed by atoms with Crippen LogP contribution in [0.3, 0.4) is 0 Å². The minimum absolute atomic E-state index is 0.161. The highest BCUT2D eigenvalue weighted by atomic mass is 16.4. The Labute approximate surface area is 220 Å². The number of nitrogens with zero attached hydrogens (tertiary/aromatic N) is 4. The van der Waals surface area contributed by atoms with E-state index in [1.165, 1.54) is 12.1 Å². The molecule has 0 heterocycles. The van der Waals surface area contributed by atoms with Crippen molar-refractivity contribution in [3.05, 3.63) is 130 Å². The first-order valence-electron chi connectivity index (χ1n) is 11.6. The minimum Gasteiger partial charge on any atom is -0.477 e. The third-order valence-corrected chi connectivity index (χ3v) is 5.75. The molecule has 6 heteroatoms. The second-order valence-electron chi connectivity index (χ2n) is 8.16. The zero-order chi connectivity index (χ0) is 26.9. The highest BCUT2D eigenvalue weighted by Gasteiger charge is 2.13. The van der Waals surface area contributed by atoms with Crippen LogP contribution in [-0.4, -0.2) is 11.1 Å². The van der Waals surface area contributed by atoms with Gasteiger partial charge >= 0.3 is 5.97 Å². The molecule has 0 amide bonds. The van der Waals surface area contributed by atoms with Crippen LogP contribution in [0.15, 0.2) is 103 Å². The molecule has 0 aliphatic heterocycles. The van der Waals surface area contributed by atoms with Crippen LogP contribution in [0.2, 0.25) is 0 Å². The van der Waals surface area contributed by atoms with Gasteiger partial charge in [0.25, 0.3) is 0 Å². The molecule has 0 radical (unpaired) electrons. The predicted octanol–water partition coefficient (Wildman–Crippen LogP) is 7.06. The number of hydrogen-bond donors (Lipinski definition) is 1. The highest BCUT2D eigenvalue weighted by Crippen LogP contribution is 2.34. The zero-order valence-corrected chi connectivity index (χ0v) is 20.1. The van der Waals surface area contributed by atoms with Gasteiger partial charge in [0.05, 0.1) is 23.3 Å². The molecule has 38 heavy (non-hydrogen) atoms. The van der Waals surface area contributed by atoms with Gasteiger partial charge in [0.2, 0.25) is 0 Å². The topological polar surface area (TPSA) is 112 Å². The number of rotatable bonds is 7. The van der Waals surface area contributed by atoms with Gasteiger partial charge in [0.15, 0.2) is 0 Å². The van der Waals surface area contributed by atoms with E-state index in [0.717, 1.165) is 28.7 Å². The summed E-state index contributed by atoms with van der Waals surface area (Å²) in [4.78, 5) is 13.3. The van der Waals surface area contributed by atoms with Crippen molar-refractivity contribution in [1.29, 1.82) is 15.8 Å². The van der Waals surface area contributed by atoms with Crippen molar-refractivity contribution in [2.75, 3.05) is 4.90 Å². The van der Waals surface area contributed by atoms with E-state index in [2.05, 4.69) is 11.0 Å². The summed E-state index contributed by atoms with van der Waals surface area (Å²) in [5.74, 6) is -1.40. The summed E-state index contributed by atoms with van der Waals surface area (Å²) < 4.78 is 0. The molecule has 0 bridgehead atoms. The van der Waals surface area contributed by atoms with E-state index in [1.54, 1.807) is 12.1 Å². The van der Waals surface area contributed by atoms with Gasteiger partial charge in [-0.2, -0.15) is 15.8 Å². The molecule has 0 atom stereocenters. The maximum absolute atomic E-state index is 11.2. The smallest absolute Gasteiger partial charge is 0.346 e. The lowest BCUT2D eigenvalue weighted by Crippen LogP contribution is -2.09. The average molecular weight is 493 g/mol. The number of hydrogen-bond acceptors (Lipinski definition) is 5. The van der Waals surface area contributed by atoms with E-state index in [0.29, 0.717) is 5.56 Å². The van der Waals surface area contributed by atoms with Gasteiger partial charge in [-0.15, -0.1) is 0 Å². The standard InChI is InChI=1S/C32H20N4O2/c33-20-26-18-25(19-28(22-35)32(37)38)27(21-34)17-24(26)14-11-23-12-15-31(16-13-23)36(29-7-3-1-4-8-29)30-9-5-2-6-10-30/h1-19H,(H,37,38)/b14-11+,28-19+. The van der Waals surface area contributed by atoms with Crippen molar-refractivity contribution < 1.29 is 9.90 Å². The second kappa shape index (κ2) is 11.7. The molecule has 0 aromatic heterocycles. The Bertz CT molecular complexity index is 1610. The fraction of sp³-hybridized carbons (Fsp3) is 0. The van der Waals surface area contributed by atoms with Crippen molar-refractivity contribution in [1.82, 2.24) is 0 Å². The van der Waals surface area contributed by atoms with Crippen LogP contribution >= 0.6 is 0 Å². The molecule has 0 unspecified atom stereocenters. The largest absolute Gasteiger partial charge is 0.477 e. The van der Waals surface area contributed by atoms with Crippen LogP contribution in [0.4, 0.5) is 17.1 Å². The lowest BCUT2D eigenvalue weighted by molar-refractivity contribution is -0.132. The molecule has 4 aromatic carbocycles. The van der Waals surface area contributed by atoms with Crippen molar-refractivity contribution in [3.8, 4) is 18.2 Å². The van der Waals surface area contributed by atoms with Gasteiger partial charge in [-0.1, -0.05) is 60.7 Å². The molecule has 4 aromatic rings. The van der Waals surface area contributed by atoms with E-state index in [9.17, 15) is 15.3 Å². The van der Waals surface area contributed by atoms with Crippen LogP contribution in [-0.2, 0) is 4.79 Å². The van der Waals surface area contributed by atoms with E-state index >= 15 is 0 Å². The quantitative estimate of drug-likeness (QED) is 0.168. The molecule has 0 saturated carbocycles. The van der Waals surface area contributed by atoms with Crippen molar-refractivity contribution in [3.63, 3.8) is 0 Å². The SMILES string of the molecule is N#C/C(=C\c1cc(C#N)c(/C=C/c2ccc(N(c3ccccc3)c3ccccc3)cc2)cc1C#N)C(=O)O. The number of carbonyl (C=O) groups is 1. The third kappa shape index (κ3) is 5.66. The first-order valence-corrected chi connectivity index (χ1v) is 11.6. The number of aliphatic carboxylic acids is 1. The lowest BCUT2D eigenvalue weighted by atomic mass is 9.97. The van der Waals surface area contributed by atoms with Gasteiger partial charge in [0.1, 0.15) is 11.6 Å². The van der Waals surface area contributed by atoms with E-state index < -0.39 is 11.5 Å².